The van der Waals surface area contributed by atoms with Crippen LogP contribution >= 0.6 is 0 Å². The molecule has 1 aromatic heterocycles. The van der Waals surface area contributed by atoms with E-state index in [1.54, 1.807) is 0 Å². The molecule has 0 aliphatic carbocycles. The Hall–Kier alpha value is -1.28. The largest absolute Gasteiger partial charge is 0.461 e. The second-order valence-electron chi connectivity index (χ2n) is 3.94. The second kappa shape index (κ2) is 4.49. The number of unbranched alkanes of at least 4 members (excludes halogenated alkanes) is 1. The van der Waals surface area contributed by atoms with Crippen molar-refractivity contribution in [1.82, 2.24) is 0 Å². The first-order valence-corrected chi connectivity index (χ1v) is 5.49. The van der Waals surface area contributed by atoms with Crippen LogP contribution in [0.15, 0.2) is 28.7 Å². The minimum absolute atomic E-state index is 0.771. The normalized spacial score (nSPS) is 11.1. The first kappa shape index (κ1) is 10.2. The molecule has 15 heavy (non-hydrogen) atoms. The van der Waals surface area contributed by atoms with Crippen molar-refractivity contribution in [2.45, 2.75) is 26.2 Å². The van der Waals surface area contributed by atoms with E-state index in [1.165, 1.54) is 10.9 Å². The molecule has 0 radical (unpaired) electrons. The van der Waals surface area contributed by atoms with Crippen molar-refractivity contribution in [2.75, 3.05) is 6.54 Å². The van der Waals surface area contributed by atoms with Crippen LogP contribution in [0.2, 0.25) is 0 Å². The lowest BCUT2D eigenvalue weighted by Gasteiger charge is -2.01. The Kier molecular flexibility index (Phi) is 3.07. The molecule has 0 saturated heterocycles. The van der Waals surface area contributed by atoms with Gasteiger partial charge >= 0.3 is 0 Å². The van der Waals surface area contributed by atoms with Crippen LogP contribution < -0.4 is 5.73 Å². The zero-order valence-electron chi connectivity index (χ0n) is 9.12. The van der Waals surface area contributed by atoms with E-state index in [-0.39, 0.29) is 0 Å². The molecule has 2 rings (SSSR count). The van der Waals surface area contributed by atoms with Crippen LogP contribution in [-0.2, 0) is 6.42 Å². The molecule has 1 aromatic carbocycles. The van der Waals surface area contributed by atoms with E-state index < -0.39 is 0 Å². The number of aryl methyl sites for hydroxylation is 2. The minimum Gasteiger partial charge on any atom is -0.461 e. The van der Waals surface area contributed by atoms with Gasteiger partial charge in [0.1, 0.15) is 11.3 Å². The molecular weight excluding hydrogens is 186 g/mol. The Bertz CT molecular complexity index is 445. The molecule has 0 aliphatic heterocycles. The van der Waals surface area contributed by atoms with Gasteiger partial charge in [0.25, 0.3) is 0 Å². The third-order valence-corrected chi connectivity index (χ3v) is 2.65. The fourth-order valence-electron chi connectivity index (χ4n) is 1.91. The summed E-state index contributed by atoms with van der Waals surface area (Å²) in [5, 5.41) is 1.21. The standard InChI is InChI=1S/C13H17NO/c1-10-9-12-7-4-6-11(13(12)15-10)5-2-3-8-14/h4,6-7,9H,2-3,5,8,14H2,1H3. The van der Waals surface area contributed by atoms with Crippen molar-refractivity contribution in [3.05, 3.63) is 35.6 Å². The van der Waals surface area contributed by atoms with Gasteiger partial charge in [0.05, 0.1) is 0 Å². The fraction of sp³-hybridized carbons (Fsp3) is 0.385. The van der Waals surface area contributed by atoms with Crippen molar-refractivity contribution < 1.29 is 4.42 Å². The summed E-state index contributed by atoms with van der Waals surface area (Å²) < 4.78 is 5.70. The van der Waals surface area contributed by atoms with E-state index in [0.717, 1.165) is 37.2 Å². The quantitative estimate of drug-likeness (QED) is 0.776. The molecule has 0 aliphatic rings. The summed E-state index contributed by atoms with van der Waals surface area (Å²) in [6.45, 7) is 2.76. The topological polar surface area (TPSA) is 39.2 Å². The third kappa shape index (κ3) is 2.21. The Balaban J connectivity index is 2.25. The molecule has 2 nitrogen and oxygen atoms in total. The molecule has 0 amide bonds. The number of hydrogen-bond acceptors (Lipinski definition) is 2. The van der Waals surface area contributed by atoms with Gasteiger partial charge in [-0.3, -0.25) is 0 Å². The molecule has 2 N–H and O–H groups in total. The van der Waals surface area contributed by atoms with Gasteiger partial charge in [0.2, 0.25) is 0 Å². The number of furan rings is 1. The Morgan fingerprint density at radius 3 is 2.93 bits per heavy atom. The lowest BCUT2D eigenvalue weighted by atomic mass is 10.1. The maximum atomic E-state index is 5.70. The SMILES string of the molecule is Cc1cc2cccc(CCCCN)c2o1. The summed E-state index contributed by atoms with van der Waals surface area (Å²) in [7, 11) is 0. The highest BCUT2D eigenvalue weighted by atomic mass is 16.3. The molecule has 1 heterocycles. The monoisotopic (exact) mass is 203 g/mol. The smallest absolute Gasteiger partial charge is 0.137 e. The molecule has 0 spiro atoms. The molecule has 0 fully saturated rings. The Labute approximate surface area is 90.1 Å². The second-order valence-corrected chi connectivity index (χ2v) is 3.94. The van der Waals surface area contributed by atoms with E-state index in [9.17, 15) is 0 Å². The number of benzene rings is 1. The molecular formula is C13H17NO. The van der Waals surface area contributed by atoms with Crippen LogP contribution in [0.5, 0.6) is 0 Å². The van der Waals surface area contributed by atoms with Gasteiger partial charge in [-0.15, -0.1) is 0 Å². The van der Waals surface area contributed by atoms with Gasteiger partial charge in [-0.25, -0.2) is 0 Å². The molecule has 0 bridgehead atoms. The van der Waals surface area contributed by atoms with Crippen LogP contribution in [0.3, 0.4) is 0 Å². The van der Waals surface area contributed by atoms with Crippen molar-refractivity contribution in [3.8, 4) is 0 Å². The van der Waals surface area contributed by atoms with E-state index in [2.05, 4.69) is 24.3 Å². The summed E-state index contributed by atoms with van der Waals surface area (Å²) >= 11 is 0. The molecule has 80 valence electrons. The highest BCUT2D eigenvalue weighted by Crippen LogP contribution is 2.23. The van der Waals surface area contributed by atoms with Gasteiger partial charge in [0.15, 0.2) is 0 Å². The van der Waals surface area contributed by atoms with Crippen molar-refractivity contribution in [3.63, 3.8) is 0 Å². The first-order chi connectivity index (χ1) is 7.31. The Morgan fingerprint density at radius 1 is 1.27 bits per heavy atom. The summed E-state index contributed by atoms with van der Waals surface area (Å²) in [5.41, 5.74) is 7.83. The van der Waals surface area contributed by atoms with Crippen LogP contribution in [-0.4, -0.2) is 6.54 Å². The molecule has 0 atom stereocenters. The Morgan fingerprint density at radius 2 is 2.13 bits per heavy atom. The highest BCUT2D eigenvalue weighted by molar-refractivity contribution is 5.81. The van der Waals surface area contributed by atoms with Crippen molar-refractivity contribution in [1.29, 1.82) is 0 Å². The predicted octanol–water partition coefficient (Wildman–Crippen LogP) is 3.02. The summed E-state index contributed by atoms with van der Waals surface area (Å²) in [4.78, 5) is 0. The van der Waals surface area contributed by atoms with E-state index in [1.807, 2.05) is 6.92 Å². The summed E-state index contributed by atoms with van der Waals surface area (Å²) in [5.74, 6) is 0.983. The zero-order chi connectivity index (χ0) is 10.7. The molecule has 0 unspecified atom stereocenters. The average Bonchev–Trinajstić information content (AvgIpc) is 2.59. The predicted molar refractivity (Wildman–Crippen MR) is 62.9 cm³/mol. The van der Waals surface area contributed by atoms with Crippen LogP contribution in [0, 0.1) is 6.92 Å². The lowest BCUT2D eigenvalue weighted by Crippen LogP contribution is -1.99. The third-order valence-electron chi connectivity index (χ3n) is 2.65. The average molecular weight is 203 g/mol. The molecule has 2 aromatic rings. The maximum Gasteiger partial charge on any atom is 0.137 e. The van der Waals surface area contributed by atoms with Gasteiger partial charge < -0.3 is 10.2 Å². The van der Waals surface area contributed by atoms with Gasteiger partial charge in [-0.05, 0) is 44.4 Å². The number of hydrogen-bond donors (Lipinski definition) is 1. The van der Waals surface area contributed by atoms with E-state index >= 15 is 0 Å². The van der Waals surface area contributed by atoms with Crippen molar-refractivity contribution >= 4 is 11.0 Å². The number of nitrogens with two attached hydrogens (primary N) is 1. The minimum atomic E-state index is 0.771. The maximum absolute atomic E-state index is 5.70. The van der Waals surface area contributed by atoms with Gasteiger partial charge in [-0.2, -0.15) is 0 Å². The molecule has 0 saturated carbocycles. The van der Waals surface area contributed by atoms with Crippen LogP contribution in [0.25, 0.3) is 11.0 Å². The summed E-state index contributed by atoms with van der Waals surface area (Å²) in [6.07, 6.45) is 3.27. The van der Waals surface area contributed by atoms with Gasteiger partial charge in [0, 0.05) is 5.39 Å². The molecule has 2 heteroatoms. The number of para-hydroxylation sites is 1. The van der Waals surface area contributed by atoms with E-state index in [0.29, 0.717) is 0 Å². The first-order valence-electron chi connectivity index (χ1n) is 5.49. The van der Waals surface area contributed by atoms with E-state index in [4.69, 9.17) is 10.2 Å². The van der Waals surface area contributed by atoms with Gasteiger partial charge in [-0.1, -0.05) is 18.2 Å². The highest BCUT2D eigenvalue weighted by Gasteiger charge is 2.05. The van der Waals surface area contributed by atoms with Crippen molar-refractivity contribution in [2.24, 2.45) is 5.73 Å². The number of fused-ring (bicyclic) bond motifs is 1. The lowest BCUT2D eigenvalue weighted by molar-refractivity contribution is 0.573. The zero-order valence-corrected chi connectivity index (χ0v) is 9.12. The fourth-order valence-corrected chi connectivity index (χ4v) is 1.91. The van der Waals surface area contributed by atoms with Crippen LogP contribution in [0.1, 0.15) is 24.2 Å². The summed E-state index contributed by atoms with van der Waals surface area (Å²) in [6, 6.07) is 8.41. The van der Waals surface area contributed by atoms with Crippen LogP contribution in [0.4, 0.5) is 0 Å². The number of rotatable bonds is 4.